The number of unbranched alkanes of at least 4 members (excludes halogenated alkanes) is 25. The summed E-state index contributed by atoms with van der Waals surface area (Å²) >= 11 is 0. The zero-order valence-corrected chi connectivity index (χ0v) is 29.3. The van der Waals surface area contributed by atoms with Gasteiger partial charge in [0.05, 0.1) is 23.3 Å². The summed E-state index contributed by atoms with van der Waals surface area (Å²) in [6.45, 7) is 2.30. The molecule has 0 saturated heterocycles. The van der Waals surface area contributed by atoms with Crippen molar-refractivity contribution in [2.24, 2.45) is 9.98 Å². The molecular formula is C43H68N2. The van der Waals surface area contributed by atoms with E-state index in [0.29, 0.717) is 0 Å². The third-order valence-corrected chi connectivity index (χ3v) is 8.88. The fraction of sp³-hybridized carbons (Fsp3) is 0.628. The van der Waals surface area contributed by atoms with Crippen molar-refractivity contribution in [2.75, 3.05) is 0 Å². The largest absolute Gasteiger partial charge is 0.255 e. The SMILES string of the molecule is CCCCCCCCCCCCCCCCCCCCCCCCCCC/C=C/C(C=Nc1ccccc1)=Nc1ccccc1. The molecule has 0 aromatic heterocycles. The molecule has 2 aromatic carbocycles. The van der Waals surface area contributed by atoms with Crippen molar-refractivity contribution in [3.63, 3.8) is 0 Å². The standard InChI is InChI=1S/C43H68N2/c1-2-3-4-5-6-7-8-9-10-11-12-13-14-15-16-17-18-19-20-21-22-23-24-25-26-27-30-39-43(45-42-37-33-29-34-38-42)40-44-41-35-31-28-32-36-41/h28-40H,2-27H2,1H3/b39-30+,44-40?,45-43?. The quantitative estimate of drug-likeness (QED) is 0.0619. The molecule has 0 aliphatic heterocycles. The Hall–Kier alpha value is -2.48. The highest BCUT2D eigenvalue weighted by molar-refractivity contribution is 6.36. The van der Waals surface area contributed by atoms with E-state index in [2.05, 4.69) is 24.1 Å². The maximum absolute atomic E-state index is 4.79. The minimum atomic E-state index is 0.893. The lowest BCUT2D eigenvalue weighted by Crippen LogP contribution is -1.94. The second-order valence-corrected chi connectivity index (χ2v) is 13.1. The van der Waals surface area contributed by atoms with Crippen molar-refractivity contribution in [3.05, 3.63) is 72.8 Å². The predicted octanol–water partition coefficient (Wildman–Crippen LogP) is 14.9. The molecule has 0 heterocycles. The zero-order chi connectivity index (χ0) is 31.7. The maximum atomic E-state index is 4.79. The van der Waals surface area contributed by atoms with Crippen LogP contribution in [-0.2, 0) is 0 Å². The number of hydrogen-bond acceptors (Lipinski definition) is 2. The van der Waals surface area contributed by atoms with Gasteiger partial charge in [0.1, 0.15) is 0 Å². The summed E-state index contributed by atoms with van der Waals surface area (Å²) in [6, 6.07) is 20.2. The van der Waals surface area contributed by atoms with Crippen LogP contribution in [0.3, 0.4) is 0 Å². The van der Waals surface area contributed by atoms with Gasteiger partial charge in [-0.3, -0.25) is 4.99 Å². The lowest BCUT2D eigenvalue weighted by molar-refractivity contribution is 0.516. The molecule has 2 heteroatoms. The molecule has 0 spiro atoms. The molecule has 0 N–H and O–H groups in total. The summed E-state index contributed by atoms with van der Waals surface area (Å²) in [6.07, 6.45) is 43.3. The summed E-state index contributed by atoms with van der Waals surface area (Å²) in [5.74, 6) is 0. The van der Waals surface area contributed by atoms with Gasteiger partial charge in [-0.2, -0.15) is 0 Å². The first-order valence-corrected chi connectivity index (χ1v) is 19.3. The Bertz CT molecular complexity index is 975. The van der Waals surface area contributed by atoms with Crippen molar-refractivity contribution >= 4 is 23.3 Å². The number of nitrogens with zero attached hydrogens (tertiary/aromatic N) is 2. The Morgan fingerprint density at radius 1 is 0.444 bits per heavy atom. The van der Waals surface area contributed by atoms with E-state index in [1.165, 1.54) is 161 Å². The molecule has 2 nitrogen and oxygen atoms in total. The predicted molar refractivity (Wildman–Crippen MR) is 203 cm³/mol. The lowest BCUT2D eigenvalue weighted by atomic mass is 10.0. The molecule has 2 aromatic rings. The van der Waals surface area contributed by atoms with Gasteiger partial charge in [-0.15, -0.1) is 0 Å². The van der Waals surface area contributed by atoms with Gasteiger partial charge >= 0.3 is 0 Å². The van der Waals surface area contributed by atoms with Crippen molar-refractivity contribution in [3.8, 4) is 0 Å². The van der Waals surface area contributed by atoms with Crippen molar-refractivity contribution < 1.29 is 0 Å². The van der Waals surface area contributed by atoms with E-state index in [-0.39, 0.29) is 0 Å². The number of allylic oxidation sites excluding steroid dienone is 2. The molecule has 0 aliphatic carbocycles. The van der Waals surface area contributed by atoms with Gasteiger partial charge < -0.3 is 0 Å². The van der Waals surface area contributed by atoms with Crippen LogP contribution < -0.4 is 0 Å². The van der Waals surface area contributed by atoms with Crippen molar-refractivity contribution in [1.29, 1.82) is 0 Å². The van der Waals surface area contributed by atoms with Crippen molar-refractivity contribution in [1.82, 2.24) is 0 Å². The van der Waals surface area contributed by atoms with Crippen LogP contribution in [0.1, 0.15) is 174 Å². The Balaban J connectivity index is 1.35. The summed E-state index contributed by atoms with van der Waals surface area (Å²) in [5.41, 5.74) is 2.80. The van der Waals surface area contributed by atoms with E-state index in [1.807, 2.05) is 66.9 Å². The first-order chi connectivity index (χ1) is 22.4. The Kier molecular flexibility index (Phi) is 26.0. The van der Waals surface area contributed by atoms with Crippen molar-refractivity contribution in [2.45, 2.75) is 174 Å². The molecule has 45 heavy (non-hydrogen) atoms. The van der Waals surface area contributed by atoms with E-state index in [1.54, 1.807) is 0 Å². The number of hydrogen-bond donors (Lipinski definition) is 0. The first-order valence-electron chi connectivity index (χ1n) is 19.3. The van der Waals surface area contributed by atoms with Crippen LogP contribution in [0.15, 0.2) is 82.8 Å². The molecule has 2 rings (SSSR count). The first kappa shape index (κ1) is 38.7. The van der Waals surface area contributed by atoms with Gasteiger partial charge in [0.25, 0.3) is 0 Å². The number of rotatable bonds is 30. The summed E-state index contributed by atoms with van der Waals surface area (Å²) in [5, 5.41) is 0. The second kappa shape index (κ2) is 30.2. The fourth-order valence-electron chi connectivity index (χ4n) is 6.02. The number of para-hydroxylation sites is 2. The van der Waals surface area contributed by atoms with Gasteiger partial charge in [-0.05, 0) is 43.2 Å². The molecule has 250 valence electrons. The van der Waals surface area contributed by atoms with E-state index in [9.17, 15) is 0 Å². The van der Waals surface area contributed by atoms with Crippen LogP contribution in [0.25, 0.3) is 0 Å². The summed E-state index contributed by atoms with van der Waals surface area (Å²) < 4.78 is 0. The van der Waals surface area contributed by atoms with Crippen LogP contribution >= 0.6 is 0 Å². The van der Waals surface area contributed by atoms with Crippen LogP contribution in [-0.4, -0.2) is 11.9 Å². The zero-order valence-electron chi connectivity index (χ0n) is 29.3. The van der Waals surface area contributed by atoms with Gasteiger partial charge in [0.15, 0.2) is 0 Å². The number of aliphatic imine (C=N–C) groups is 2. The molecule has 0 atom stereocenters. The molecular weight excluding hydrogens is 544 g/mol. The molecule has 0 amide bonds. The Morgan fingerprint density at radius 2 is 0.800 bits per heavy atom. The normalized spacial score (nSPS) is 12.2. The van der Waals surface area contributed by atoms with Crippen LogP contribution in [0, 0.1) is 0 Å². The Labute approximate surface area is 279 Å². The third-order valence-electron chi connectivity index (χ3n) is 8.88. The molecule has 0 saturated carbocycles. The van der Waals surface area contributed by atoms with Crippen LogP contribution in [0.2, 0.25) is 0 Å². The lowest BCUT2D eigenvalue weighted by Gasteiger charge is -2.04. The molecule has 0 fully saturated rings. The molecule has 0 radical (unpaired) electrons. The van der Waals surface area contributed by atoms with E-state index >= 15 is 0 Å². The van der Waals surface area contributed by atoms with Gasteiger partial charge in [-0.25, -0.2) is 4.99 Å². The Morgan fingerprint density at radius 3 is 1.20 bits per heavy atom. The van der Waals surface area contributed by atoms with Gasteiger partial charge in [0.2, 0.25) is 0 Å². The molecule has 0 unspecified atom stereocenters. The topological polar surface area (TPSA) is 24.7 Å². The van der Waals surface area contributed by atoms with E-state index in [4.69, 9.17) is 4.99 Å². The smallest absolute Gasteiger partial charge is 0.0816 e. The monoisotopic (exact) mass is 613 g/mol. The minimum Gasteiger partial charge on any atom is -0.255 e. The van der Waals surface area contributed by atoms with E-state index < -0.39 is 0 Å². The maximum Gasteiger partial charge on any atom is 0.0816 e. The highest BCUT2D eigenvalue weighted by Gasteiger charge is 1.97. The minimum absolute atomic E-state index is 0.893. The average Bonchev–Trinajstić information content (AvgIpc) is 3.07. The van der Waals surface area contributed by atoms with Gasteiger partial charge in [-0.1, -0.05) is 203 Å². The fourth-order valence-corrected chi connectivity index (χ4v) is 6.02. The summed E-state index contributed by atoms with van der Waals surface area (Å²) in [4.78, 5) is 9.40. The summed E-state index contributed by atoms with van der Waals surface area (Å²) in [7, 11) is 0. The van der Waals surface area contributed by atoms with Crippen LogP contribution in [0.4, 0.5) is 11.4 Å². The highest BCUT2D eigenvalue weighted by Crippen LogP contribution is 2.17. The highest BCUT2D eigenvalue weighted by atomic mass is 14.8. The number of benzene rings is 2. The average molecular weight is 613 g/mol. The third kappa shape index (κ3) is 24.4. The van der Waals surface area contributed by atoms with E-state index in [0.717, 1.165) is 23.5 Å². The van der Waals surface area contributed by atoms with Crippen LogP contribution in [0.5, 0.6) is 0 Å². The second-order valence-electron chi connectivity index (χ2n) is 13.1. The molecule has 0 aliphatic rings. The molecule has 0 bridgehead atoms. The van der Waals surface area contributed by atoms with Gasteiger partial charge in [0, 0.05) is 0 Å².